The van der Waals surface area contributed by atoms with Crippen molar-refractivity contribution in [3.63, 3.8) is 0 Å². The molecule has 20 heavy (non-hydrogen) atoms. The van der Waals surface area contributed by atoms with Crippen molar-refractivity contribution in [3.05, 3.63) is 20.8 Å². The molecule has 0 spiro atoms. The van der Waals surface area contributed by atoms with Crippen molar-refractivity contribution in [3.8, 4) is 0 Å². The molecular formula is C14H21BrN2O2S. The minimum atomic E-state index is 0.150. The maximum absolute atomic E-state index is 12.4. The Balaban J connectivity index is 1.91. The number of hydrogen-bond donors (Lipinski definition) is 1. The van der Waals surface area contributed by atoms with Crippen LogP contribution < -0.4 is 0 Å². The Bertz CT molecular complexity index is 452. The Morgan fingerprint density at radius 2 is 2.40 bits per heavy atom. The molecule has 0 saturated carbocycles. The highest BCUT2D eigenvalue weighted by molar-refractivity contribution is 9.11. The first-order valence-electron chi connectivity index (χ1n) is 7.01. The van der Waals surface area contributed by atoms with E-state index in [4.69, 9.17) is 0 Å². The van der Waals surface area contributed by atoms with E-state index in [2.05, 4.69) is 26.9 Å². The van der Waals surface area contributed by atoms with Gasteiger partial charge in [-0.15, -0.1) is 11.3 Å². The fourth-order valence-electron chi connectivity index (χ4n) is 2.58. The number of thiophene rings is 1. The van der Waals surface area contributed by atoms with Crippen LogP contribution in [0.1, 0.15) is 24.6 Å². The summed E-state index contributed by atoms with van der Waals surface area (Å²) in [6, 6.07) is 4.23. The molecule has 0 aliphatic carbocycles. The number of hydrogen-bond acceptors (Lipinski definition) is 4. The highest BCUT2D eigenvalue weighted by atomic mass is 79.9. The van der Waals surface area contributed by atoms with Gasteiger partial charge in [-0.05, 0) is 54.4 Å². The number of likely N-dealkylation sites (N-methyl/N-ethyl adjacent to an activating group) is 1. The van der Waals surface area contributed by atoms with E-state index >= 15 is 0 Å². The number of carbonyl (C=O) groups excluding carboxylic acids is 1. The maximum Gasteiger partial charge on any atom is 0.237 e. The van der Waals surface area contributed by atoms with Gasteiger partial charge < -0.3 is 10.0 Å². The highest BCUT2D eigenvalue weighted by Gasteiger charge is 2.27. The molecule has 1 aromatic heterocycles. The second kappa shape index (κ2) is 7.54. The molecule has 1 amide bonds. The standard InChI is InChI=1S/C14H21BrN2O2S/c1-2-16(8-12-5-6-13(15)20-12)14(19)9-17-7-3-4-11(17)10-18/h5-6,11,18H,2-4,7-10H2,1H3/t11-/m1/s1. The second-order valence-electron chi connectivity index (χ2n) is 5.06. The topological polar surface area (TPSA) is 43.8 Å². The Morgan fingerprint density at radius 3 is 3.00 bits per heavy atom. The fourth-order valence-corrected chi connectivity index (χ4v) is 4.08. The van der Waals surface area contributed by atoms with E-state index in [-0.39, 0.29) is 18.6 Å². The molecule has 1 fully saturated rings. The van der Waals surface area contributed by atoms with Gasteiger partial charge in [0.25, 0.3) is 0 Å². The summed E-state index contributed by atoms with van der Waals surface area (Å²) >= 11 is 5.11. The predicted molar refractivity (Wildman–Crippen MR) is 84.8 cm³/mol. The SMILES string of the molecule is CCN(Cc1ccc(Br)s1)C(=O)CN1CCC[C@@H]1CO. The van der Waals surface area contributed by atoms with Crippen LogP contribution in [0.2, 0.25) is 0 Å². The monoisotopic (exact) mass is 360 g/mol. The molecule has 1 aliphatic heterocycles. The Morgan fingerprint density at radius 1 is 1.60 bits per heavy atom. The van der Waals surface area contributed by atoms with Crippen LogP contribution in [-0.2, 0) is 11.3 Å². The van der Waals surface area contributed by atoms with Crippen molar-refractivity contribution >= 4 is 33.2 Å². The van der Waals surface area contributed by atoms with E-state index in [0.717, 1.165) is 23.2 Å². The predicted octanol–water partition coefficient (Wildman–Crippen LogP) is 2.32. The number of aliphatic hydroxyl groups excluding tert-OH is 1. The van der Waals surface area contributed by atoms with E-state index < -0.39 is 0 Å². The largest absolute Gasteiger partial charge is 0.395 e. The number of carbonyl (C=O) groups is 1. The first-order valence-corrected chi connectivity index (χ1v) is 8.62. The van der Waals surface area contributed by atoms with Gasteiger partial charge in [-0.2, -0.15) is 0 Å². The summed E-state index contributed by atoms with van der Waals surface area (Å²) in [5, 5.41) is 9.31. The third kappa shape index (κ3) is 4.04. The zero-order chi connectivity index (χ0) is 14.5. The fraction of sp³-hybridized carbons (Fsp3) is 0.643. The van der Waals surface area contributed by atoms with Crippen LogP contribution in [-0.4, -0.2) is 53.1 Å². The minimum absolute atomic E-state index is 0.150. The van der Waals surface area contributed by atoms with Crippen LogP contribution in [0.4, 0.5) is 0 Å². The molecule has 6 heteroatoms. The third-order valence-electron chi connectivity index (χ3n) is 3.76. The van der Waals surface area contributed by atoms with Crippen LogP contribution in [0.25, 0.3) is 0 Å². The van der Waals surface area contributed by atoms with Crippen molar-refractivity contribution in [2.75, 3.05) is 26.2 Å². The summed E-state index contributed by atoms with van der Waals surface area (Å²) in [7, 11) is 0. The van der Waals surface area contributed by atoms with Crippen LogP contribution in [0.15, 0.2) is 15.9 Å². The van der Waals surface area contributed by atoms with Crippen LogP contribution in [0.3, 0.4) is 0 Å². The van der Waals surface area contributed by atoms with Crippen LogP contribution in [0.5, 0.6) is 0 Å². The van der Waals surface area contributed by atoms with Gasteiger partial charge in [0.05, 0.1) is 23.5 Å². The molecule has 1 N–H and O–H groups in total. The molecule has 0 radical (unpaired) electrons. The van der Waals surface area contributed by atoms with Gasteiger partial charge in [-0.1, -0.05) is 0 Å². The van der Waals surface area contributed by atoms with Crippen LogP contribution in [0, 0.1) is 0 Å². The minimum Gasteiger partial charge on any atom is -0.395 e. The van der Waals surface area contributed by atoms with E-state index in [9.17, 15) is 9.90 Å². The first kappa shape index (κ1) is 15.9. The van der Waals surface area contributed by atoms with Gasteiger partial charge >= 0.3 is 0 Å². The van der Waals surface area contributed by atoms with E-state index in [0.29, 0.717) is 19.6 Å². The molecule has 0 aromatic carbocycles. The molecule has 2 heterocycles. The van der Waals surface area contributed by atoms with Crippen molar-refractivity contribution in [1.29, 1.82) is 0 Å². The molecule has 1 saturated heterocycles. The molecular weight excluding hydrogens is 340 g/mol. The lowest BCUT2D eigenvalue weighted by molar-refractivity contribution is -0.133. The summed E-state index contributed by atoms with van der Waals surface area (Å²) in [5.41, 5.74) is 0. The first-order chi connectivity index (χ1) is 9.63. The number of likely N-dealkylation sites (tertiary alicyclic amines) is 1. The van der Waals surface area contributed by atoms with E-state index in [1.807, 2.05) is 17.9 Å². The Kier molecular flexibility index (Phi) is 6.01. The summed E-state index contributed by atoms with van der Waals surface area (Å²) in [5.74, 6) is 0.150. The van der Waals surface area contributed by atoms with Gasteiger partial charge in [0.2, 0.25) is 5.91 Å². The van der Waals surface area contributed by atoms with E-state index in [1.54, 1.807) is 11.3 Å². The van der Waals surface area contributed by atoms with Gasteiger partial charge in [0.15, 0.2) is 0 Å². The molecule has 4 nitrogen and oxygen atoms in total. The lowest BCUT2D eigenvalue weighted by Crippen LogP contribution is -2.42. The zero-order valence-corrected chi connectivity index (χ0v) is 14.1. The van der Waals surface area contributed by atoms with Crippen molar-refractivity contribution in [2.45, 2.75) is 32.4 Å². The highest BCUT2D eigenvalue weighted by Crippen LogP contribution is 2.23. The number of amides is 1. The maximum atomic E-state index is 12.4. The third-order valence-corrected chi connectivity index (χ3v) is 5.37. The summed E-state index contributed by atoms with van der Waals surface area (Å²) in [6.45, 7) is 4.88. The molecule has 112 valence electrons. The zero-order valence-electron chi connectivity index (χ0n) is 11.7. The molecule has 0 unspecified atom stereocenters. The van der Waals surface area contributed by atoms with Gasteiger partial charge in [0.1, 0.15) is 0 Å². The molecule has 1 aromatic rings. The molecule has 0 bridgehead atoms. The number of aliphatic hydroxyl groups is 1. The van der Waals surface area contributed by atoms with E-state index in [1.165, 1.54) is 4.88 Å². The lowest BCUT2D eigenvalue weighted by atomic mass is 10.2. The summed E-state index contributed by atoms with van der Waals surface area (Å²) in [4.78, 5) is 17.6. The smallest absolute Gasteiger partial charge is 0.237 e. The number of rotatable bonds is 6. The van der Waals surface area contributed by atoms with Gasteiger partial charge in [-0.25, -0.2) is 0 Å². The second-order valence-corrected chi connectivity index (χ2v) is 7.61. The quantitative estimate of drug-likeness (QED) is 0.846. The van der Waals surface area contributed by atoms with Gasteiger partial charge in [-0.3, -0.25) is 9.69 Å². The average molecular weight is 361 g/mol. The molecule has 2 rings (SSSR count). The van der Waals surface area contributed by atoms with Gasteiger partial charge in [0, 0.05) is 17.5 Å². The average Bonchev–Trinajstić information content (AvgIpc) is 3.04. The number of nitrogens with zero attached hydrogens (tertiary/aromatic N) is 2. The van der Waals surface area contributed by atoms with Crippen LogP contribution >= 0.6 is 27.3 Å². The molecule has 1 atom stereocenters. The Labute approximate surface area is 132 Å². The van der Waals surface area contributed by atoms with Crippen molar-refractivity contribution in [1.82, 2.24) is 9.80 Å². The van der Waals surface area contributed by atoms with Crippen molar-refractivity contribution in [2.24, 2.45) is 0 Å². The van der Waals surface area contributed by atoms with Crippen molar-refractivity contribution < 1.29 is 9.90 Å². The molecule has 1 aliphatic rings. The number of halogens is 1. The summed E-state index contributed by atoms with van der Waals surface area (Å²) in [6.07, 6.45) is 2.07. The lowest BCUT2D eigenvalue weighted by Gasteiger charge is -2.26. The Hall–Kier alpha value is -0.430. The summed E-state index contributed by atoms with van der Waals surface area (Å²) < 4.78 is 1.09. The normalized spacial score (nSPS) is 19.4.